The summed E-state index contributed by atoms with van der Waals surface area (Å²) in [6.07, 6.45) is 4.79. The van der Waals surface area contributed by atoms with Gasteiger partial charge < -0.3 is 14.7 Å². The Bertz CT molecular complexity index is 730. The molecule has 2 saturated heterocycles. The van der Waals surface area contributed by atoms with Crippen LogP contribution in [0, 0.1) is 5.41 Å². The molecule has 1 unspecified atom stereocenters. The third-order valence-corrected chi connectivity index (χ3v) is 6.80. The highest BCUT2D eigenvalue weighted by Crippen LogP contribution is 2.42. The molecule has 2 aromatic carbocycles. The molecule has 0 aromatic heterocycles. The van der Waals surface area contributed by atoms with Crippen molar-refractivity contribution in [2.75, 3.05) is 26.2 Å². The molecule has 2 atom stereocenters. The summed E-state index contributed by atoms with van der Waals surface area (Å²) in [7, 11) is 0. The van der Waals surface area contributed by atoms with Crippen molar-refractivity contribution in [1.29, 1.82) is 0 Å². The molecule has 0 bridgehead atoms. The van der Waals surface area contributed by atoms with Gasteiger partial charge in [-0.25, -0.2) is 0 Å². The van der Waals surface area contributed by atoms with Crippen molar-refractivity contribution >= 4 is 0 Å². The van der Waals surface area contributed by atoms with Crippen molar-refractivity contribution in [3.63, 3.8) is 0 Å². The molecule has 2 N–H and O–H groups in total. The fourth-order valence-corrected chi connectivity index (χ4v) is 5.68. The van der Waals surface area contributed by atoms with Crippen molar-refractivity contribution in [1.82, 2.24) is 0 Å². The fraction of sp³-hybridized carbons (Fsp3) is 0.520. The van der Waals surface area contributed by atoms with Gasteiger partial charge in [-0.15, -0.1) is 0 Å². The maximum atomic E-state index is 12.0. The van der Waals surface area contributed by atoms with E-state index >= 15 is 0 Å². The number of likely N-dealkylation sites (tertiary alicyclic amines) is 1. The smallest absolute Gasteiger partial charge is 0.163 e. The van der Waals surface area contributed by atoms with Gasteiger partial charge in [-0.2, -0.15) is 0 Å². The minimum absolute atomic E-state index is 0.0319. The highest BCUT2D eigenvalue weighted by molar-refractivity contribution is 5.35. The molecule has 4 rings (SSSR count). The molecule has 1 spiro atoms. The zero-order chi connectivity index (χ0) is 19.7. The SMILES string of the molecule is CC1(C)C[C@@]2(CCC[NH+](CC(O)(c3ccccc3)c3ccccc3)C2)CCO1. The number of hydrogen-bond acceptors (Lipinski definition) is 2. The van der Waals surface area contributed by atoms with E-state index in [-0.39, 0.29) is 5.60 Å². The monoisotopic (exact) mass is 380 g/mol. The van der Waals surface area contributed by atoms with Crippen LogP contribution < -0.4 is 4.90 Å². The maximum absolute atomic E-state index is 12.0. The third-order valence-electron chi connectivity index (χ3n) is 6.80. The molecule has 0 amide bonds. The fourth-order valence-electron chi connectivity index (χ4n) is 5.68. The first-order valence-electron chi connectivity index (χ1n) is 10.7. The van der Waals surface area contributed by atoms with Gasteiger partial charge >= 0.3 is 0 Å². The topological polar surface area (TPSA) is 33.9 Å². The first-order valence-corrected chi connectivity index (χ1v) is 10.7. The molecule has 0 saturated carbocycles. The standard InChI is InChI=1S/C25H33NO2/c1-23(2)18-24(15-17-28-23)14-9-16-26(19-24)20-25(27,21-10-5-3-6-11-21)22-12-7-4-8-13-22/h3-8,10-13,27H,9,14-20H2,1-2H3/p+1/t24-/m1/s1. The van der Waals surface area contributed by atoms with Crippen LogP contribution in [-0.4, -0.2) is 36.9 Å². The summed E-state index contributed by atoms with van der Waals surface area (Å²) in [5.74, 6) is 0. The van der Waals surface area contributed by atoms with E-state index in [0.29, 0.717) is 12.0 Å². The molecular formula is C25H34NO2+. The number of quaternary nitrogens is 1. The van der Waals surface area contributed by atoms with E-state index in [4.69, 9.17) is 4.74 Å². The normalized spacial score (nSPS) is 27.6. The Morgan fingerprint density at radius 2 is 1.57 bits per heavy atom. The van der Waals surface area contributed by atoms with Crippen LogP contribution in [0.25, 0.3) is 0 Å². The molecule has 3 heteroatoms. The third kappa shape index (κ3) is 4.03. The van der Waals surface area contributed by atoms with Crippen LogP contribution >= 0.6 is 0 Å². The van der Waals surface area contributed by atoms with E-state index < -0.39 is 5.60 Å². The Kier molecular flexibility index (Phi) is 5.34. The molecule has 2 fully saturated rings. The zero-order valence-corrected chi connectivity index (χ0v) is 17.3. The molecule has 3 nitrogen and oxygen atoms in total. The predicted octanol–water partition coefficient (Wildman–Crippen LogP) is 3.18. The second-order valence-electron chi connectivity index (χ2n) is 9.58. The summed E-state index contributed by atoms with van der Waals surface area (Å²) >= 11 is 0. The lowest BCUT2D eigenvalue weighted by Crippen LogP contribution is -3.16. The van der Waals surface area contributed by atoms with Crippen LogP contribution in [0.3, 0.4) is 0 Å². The quantitative estimate of drug-likeness (QED) is 0.854. The molecule has 28 heavy (non-hydrogen) atoms. The Labute approximate surface area is 169 Å². The van der Waals surface area contributed by atoms with E-state index in [0.717, 1.165) is 43.7 Å². The molecule has 150 valence electrons. The van der Waals surface area contributed by atoms with E-state index in [1.807, 2.05) is 36.4 Å². The van der Waals surface area contributed by atoms with Gasteiger partial charge in [0.05, 0.1) is 18.7 Å². The van der Waals surface area contributed by atoms with Gasteiger partial charge in [0.15, 0.2) is 5.60 Å². The van der Waals surface area contributed by atoms with Crippen LogP contribution in [0.2, 0.25) is 0 Å². The van der Waals surface area contributed by atoms with Crippen molar-refractivity contribution in [2.24, 2.45) is 5.41 Å². The van der Waals surface area contributed by atoms with Crippen LogP contribution in [0.4, 0.5) is 0 Å². The van der Waals surface area contributed by atoms with Crippen molar-refractivity contribution in [3.05, 3.63) is 71.8 Å². The summed E-state index contributed by atoms with van der Waals surface area (Å²) in [4.78, 5) is 1.51. The number of aliphatic hydroxyl groups is 1. The lowest BCUT2D eigenvalue weighted by molar-refractivity contribution is -0.919. The van der Waals surface area contributed by atoms with Gasteiger partial charge in [0.25, 0.3) is 0 Å². The lowest BCUT2D eigenvalue weighted by atomic mass is 9.69. The van der Waals surface area contributed by atoms with Crippen LogP contribution in [-0.2, 0) is 10.3 Å². The molecule has 2 aromatic rings. The largest absolute Gasteiger partial charge is 0.376 e. The molecule has 2 aliphatic rings. The van der Waals surface area contributed by atoms with Gasteiger partial charge in [0.2, 0.25) is 0 Å². The first-order chi connectivity index (χ1) is 13.4. The van der Waals surface area contributed by atoms with Crippen molar-refractivity contribution in [3.8, 4) is 0 Å². The summed E-state index contributed by atoms with van der Waals surface area (Å²) in [5.41, 5.74) is 1.33. The summed E-state index contributed by atoms with van der Waals surface area (Å²) < 4.78 is 6.01. The highest BCUT2D eigenvalue weighted by Gasteiger charge is 2.47. The Balaban J connectivity index is 1.61. The molecule has 2 heterocycles. The summed E-state index contributed by atoms with van der Waals surface area (Å²) in [5, 5.41) is 12.0. The number of piperidine rings is 1. The average molecular weight is 381 g/mol. The van der Waals surface area contributed by atoms with Crippen molar-refractivity contribution in [2.45, 2.75) is 50.7 Å². The van der Waals surface area contributed by atoms with Crippen molar-refractivity contribution < 1.29 is 14.7 Å². The second kappa shape index (κ2) is 7.62. The van der Waals surface area contributed by atoms with Gasteiger partial charge in [-0.05, 0) is 50.7 Å². The van der Waals surface area contributed by atoms with Crippen LogP contribution in [0.15, 0.2) is 60.7 Å². The Hall–Kier alpha value is -1.68. The van der Waals surface area contributed by atoms with Gasteiger partial charge in [0.1, 0.15) is 6.54 Å². The van der Waals surface area contributed by atoms with Gasteiger partial charge in [0, 0.05) is 12.0 Å². The van der Waals surface area contributed by atoms with Gasteiger partial charge in [-0.3, -0.25) is 0 Å². The average Bonchev–Trinajstić information content (AvgIpc) is 2.68. The predicted molar refractivity (Wildman–Crippen MR) is 112 cm³/mol. The number of ether oxygens (including phenoxy) is 1. The first kappa shape index (κ1) is 19.6. The minimum Gasteiger partial charge on any atom is -0.376 e. The van der Waals surface area contributed by atoms with Crippen LogP contribution in [0.1, 0.15) is 50.7 Å². The van der Waals surface area contributed by atoms with Crippen LogP contribution in [0.5, 0.6) is 0 Å². The Morgan fingerprint density at radius 3 is 2.14 bits per heavy atom. The molecular weight excluding hydrogens is 346 g/mol. The maximum Gasteiger partial charge on any atom is 0.163 e. The number of rotatable bonds is 4. The zero-order valence-electron chi connectivity index (χ0n) is 17.3. The van der Waals surface area contributed by atoms with E-state index in [1.165, 1.54) is 17.7 Å². The van der Waals surface area contributed by atoms with E-state index in [9.17, 15) is 5.11 Å². The molecule has 0 aliphatic carbocycles. The van der Waals surface area contributed by atoms with E-state index in [2.05, 4.69) is 38.1 Å². The summed E-state index contributed by atoms with van der Waals surface area (Å²) in [6.45, 7) is 8.29. The number of nitrogens with one attached hydrogen (secondary N) is 1. The lowest BCUT2D eigenvalue weighted by Gasteiger charge is -2.49. The number of hydrogen-bond donors (Lipinski definition) is 2. The molecule has 0 radical (unpaired) electrons. The second-order valence-corrected chi connectivity index (χ2v) is 9.58. The number of benzene rings is 2. The van der Waals surface area contributed by atoms with Gasteiger partial charge in [-0.1, -0.05) is 60.7 Å². The Morgan fingerprint density at radius 1 is 0.964 bits per heavy atom. The highest BCUT2D eigenvalue weighted by atomic mass is 16.5. The minimum atomic E-state index is -0.961. The summed E-state index contributed by atoms with van der Waals surface area (Å²) in [6, 6.07) is 20.4. The molecule has 2 aliphatic heterocycles. The van der Waals surface area contributed by atoms with E-state index in [1.54, 1.807) is 0 Å².